The van der Waals surface area contributed by atoms with E-state index in [4.69, 9.17) is 15.6 Å². The van der Waals surface area contributed by atoms with Gasteiger partial charge in [0, 0.05) is 6.07 Å². The summed E-state index contributed by atoms with van der Waals surface area (Å²) in [7, 11) is -3.73. The van der Waals surface area contributed by atoms with Crippen LogP contribution in [-0.4, -0.2) is 14.5 Å². The highest BCUT2D eigenvalue weighted by Gasteiger charge is 2.14. The summed E-state index contributed by atoms with van der Waals surface area (Å²) in [4.78, 5) is -0.00217. The summed E-state index contributed by atoms with van der Waals surface area (Å²) in [5, 5.41) is 5.04. The maximum Gasteiger partial charge on any atom is 0.238 e. The van der Waals surface area contributed by atoms with Gasteiger partial charge in [0.15, 0.2) is 0 Å². The summed E-state index contributed by atoms with van der Waals surface area (Å²) in [6, 6.07) is 4.18. The summed E-state index contributed by atoms with van der Waals surface area (Å²) >= 11 is 0. The quantitative estimate of drug-likeness (QED) is 0.796. The Bertz CT molecular complexity index is 497. The molecule has 0 aliphatic heterocycles. The molecule has 0 aromatic heterocycles. The van der Waals surface area contributed by atoms with Gasteiger partial charge in [-0.15, -0.1) is 0 Å². The van der Waals surface area contributed by atoms with Gasteiger partial charge in [0.1, 0.15) is 5.75 Å². The van der Waals surface area contributed by atoms with Crippen LogP contribution in [-0.2, 0) is 10.0 Å². The lowest BCUT2D eigenvalue weighted by Gasteiger charge is -2.19. The third kappa shape index (κ3) is 3.61. The standard InChI is InChI=1S/C11H18N2O3S/c1-7(2)8(3)16-11-6-9(17(13,14)15)4-5-10(11)12/h4-8H,12H2,1-3H3,(H2,13,14,15). The first-order chi connectivity index (χ1) is 7.71. The minimum atomic E-state index is -3.73. The second-order valence-corrected chi connectivity index (χ2v) is 5.87. The van der Waals surface area contributed by atoms with E-state index >= 15 is 0 Å². The molecule has 1 atom stereocenters. The lowest BCUT2D eigenvalue weighted by molar-refractivity contribution is 0.171. The molecule has 6 heteroatoms. The van der Waals surface area contributed by atoms with Crippen LogP contribution < -0.4 is 15.6 Å². The molecule has 0 amide bonds. The van der Waals surface area contributed by atoms with Gasteiger partial charge < -0.3 is 10.5 Å². The van der Waals surface area contributed by atoms with Crippen LogP contribution in [0.25, 0.3) is 0 Å². The fourth-order valence-electron chi connectivity index (χ4n) is 1.13. The van der Waals surface area contributed by atoms with Crippen molar-refractivity contribution in [3.63, 3.8) is 0 Å². The average Bonchev–Trinajstić information content (AvgIpc) is 2.19. The zero-order valence-corrected chi connectivity index (χ0v) is 11.0. The molecule has 1 aromatic rings. The van der Waals surface area contributed by atoms with Crippen molar-refractivity contribution in [1.82, 2.24) is 0 Å². The molecule has 0 aliphatic rings. The monoisotopic (exact) mass is 258 g/mol. The Hall–Kier alpha value is -1.27. The van der Waals surface area contributed by atoms with Crippen LogP contribution in [0.5, 0.6) is 5.75 Å². The second kappa shape index (κ2) is 4.93. The first-order valence-electron chi connectivity index (χ1n) is 5.31. The molecule has 96 valence electrons. The maximum absolute atomic E-state index is 11.2. The van der Waals surface area contributed by atoms with E-state index in [1.165, 1.54) is 18.2 Å². The number of anilines is 1. The summed E-state index contributed by atoms with van der Waals surface area (Å²) in [5.41, 5.74) is 6.11. The molecular formula is C11H18N2O3S. The van der Waals surface area contributed by atoms with Gasteiger partial charge in [0.25, 0.3) is 0 Å². The van der Waals surface area contributed by atoms with Gasteiger partial charge in [-0.2, -0.15) is 0 Å². The Kier molecular flexibility index (Phi) is 4.00. The molecule has 0 heterocycles. The minimum Gasteiger partial charge on any atom is -0.488 e. The molecule has 4 N–H and O–H groups in total. The first-order valence-corrected chi connectivity index (χ1v) is 6.85. The van der Waals surface area contributed by atoms with Crippen LogP contribution in [0.3, 0.4) is 0 Å². The van der Waals surface area contributed by atoms with Gasteiger partial charge in [-0.05, 0) is 25.0 Å². The Morgan fingerprint density at radius 2 is 1.82 bits per heavy atom. The van der Waals surface area contributed by atoms with Crippen molar-refractivity contribution in [3.05, 3.63) is 18.2 Å². The first kappa shape index (κ1) is 13.8. The van der Waals surface area contributed by atoms with E-state index < -0.39 is 10.0 Å². The largest absolute Gasteiger partial charge is 0.488 e. The van der Waals surface area contributed by atoms with Crippen LogP contribution in [0.1, 0.15) is 20.8 Å². The molecule has 0 saturated carbocycles. The van der Waals surface area contributed by atoms with Gasteiger partial charge in [-0.3, -0.25) is 0 Å². The Balaban J connectivity index is 3.08. The van der Waals surface area contributed by atoms with E-state index in [0.717, 1.165) is 0 Å². The number of sulfonamides is 1. The highest BCUT2D eigenvalue weighted by molar-refractivity contribution is 7.89. The number of nitrogens with two attached hydrogens (primary N) is 2. The molecule has 0 bridgehead atoms. The van der Waals surface area contributed by atoms with E-state index in [1.54, 1.807) is 0 Å². The highest BCUT2D eigenvalue weighted by atomic mass is 32.2. The van der Waals surface area contributed by atoms with E-state index in [2.05, 4.69) is 0 Å². The van der Waals surface area contributed by atoms with Crippen molar-refractivity contribution in [2.24, 2.45) is 11.1 Å². The van der Waals surface area contributed by atoms with Crippen molar-refractivity contribution >= 4 is 15.7 Å². The number of hydrogen-bond acceptors (Lipinski definition) is 4. The Morgan fingerprint density at radius 1 is 1.24 bits per heavy atom. The van der Waals surface area contributed by atoms with Crippen molar-refractivity contribution in [1.29, 1.82) is 0 Å². The third-order valence-corrected chi connectivity index (χ3v) is 3.48. The van der Waals surface area contributed by atoms with Crippen LogP contribution in [0.2, 0.25) is 0 Å². The molecule has 1 aromatic carbocycles. The van der Waals surface area contributed by atoms with Crippen LogP contribution >= 0.6 is 0 Å². The van der Waals surface area contributed by atoms with Crippen LogP contribution in [0.15, 0.2) is 23.1 Å². The van der Waals surface area contributed by atoms with Crippen molar-refractivity contribution in [2.45, 2.75) is 31.8 Å². The highest BCUT2D eigenvalue weighted by Crippen LogP contribution is 2.26. The molecule has 0 saturated heterocycles. The fourth-order valence-corrected chi connectivity index (χ4v) is 1.66. The van der Waals surface area contributed by atoms with Crippen molar-refractivity contribution in [2.75, 3.05) is 5.73 Å². The van der Waals surface area contributed by atoms with Crippen molar-refractivity contribution in [3.8, 4) is 5.75 Å². The zero-order valence-electron chi connectivity index (χ0n) is 10.2. The zero-order chi connectivity index (χ0) is 13.2. The predicted octanol–water partition coefficient (Wildman–Crippen LogP) is 1.34. The van der Waals surface area contributed by atoms with Gasteiger partial charge in [-0.25, -0.2) is 13.6 Å². The summed E-state index contributed by atoms with van der Waals surface area (Å²) < 4.78 is 28.0. The smallest absolute Gasteiger partial charge is 0.238 e. The fraction of sp³-hybridized carbons (Fsp3) is 0.455. The molecule has 1 rings (SSSR count). The average molecular weight is 258 g/mol. The number of rotatable bonds is 4. The van der Waals surface area contributed by atoms with E-state index in [0.29, 0.717) is 17.4 Å². The lowest BCUT2D eigenvalue weighted by atomic mass is 10.1. The Labute approximate surface area is 102 Å². The number of primary sulfonamides is 1. The molecular weight excluding hydrogens is 240 g/mol. The summed E-state index contributed by atoms with van der Waals surface area (Å²) in [6.07, 6.45) is -0.0620. The van der Waals surface area contributed by atoms with Crippen LogP contribution in [0, 0.1) is 5.92 Å². The van der Waals surface area contributed by atoms with Gasteiger partial charge >= 0.3 is 0 Å². The van der Waals surface area contributed by atoms with Gasteiger partial charge in [-0.1, -0.05) is 13.8 Å². The van der Waals surface area contributed by atoms with E-state index in [1.807, 2.05) is 20.8 Å². The van der Waals surface area contributed by atoms with Crippen molar-refractivity contribution < 1.29 is 13.2 Å². The predicted molar refractivity (Wildman–Crippen MR) is 67.2 cm³/mol. The number of ether oxygens (including phenoxy) is 1. The Morgan fingerprint density at radius 3 is 2.29 bits per heavy atom. The molecule has 17 heavy (non-hydrogen) atoms. The number of nitrogen functional groups attached to an aromatic ring is 1. The van der Waals surface area contributed by atoms with E-state index in [9.17, 15) is 8.42 Å². The normalized spacial score (nSPS) is 13.7. The van der Waals surface area contributed by atoms with Crippen LogP contribution in [0.4, 0.5) is 5.69 Å². The molecule has 1 unspecified atom stereocenters. The summed E-state index contributed by atoms with van der Waals surface area (Å²) in [6.45, 7) is 5.91. The lowest BCUT2D eigenvalue weighted by Crippen LogP contribution is -2.20. The topological polar surface area (TPSA) is 95.4 Å². The molecule has 0 radical (unpaired) electrons. The number of benzene rings is 1. The molecule has 5 nitrogen and oxygen atoms in total. The molecule has 0 aliphatic carbocycles. The molecule has 0 fully saturated rings. The van der Waals surface area contributed by atoms with Gasteiger partial charge in [0.05, 0.1) is 16.7 Å². The summed E-state index contributed by atoms with van der Waals surface area (Å²) in [5.74, 6) is 0.644. The maximum atomic E-state index is 11.2. The second-order valence-electron chi connectivity index (χ2n) is 4.31. The minimum absolute atomic E-state index is 0.00217. The van der Waals surface area contributed by atoms with E-state index in [-0.39, 0.29) is 11.0 Å². The third-order valence-electron chi connectivity index (χ3n) is 2.57. The SMILES string of the molecule is CC(C)C(C)Oc1cc(S(N)(=O)=O)ccc1N. The van der Waals surface area contributed by atoms with Gasteiger partial charge in [0.2, 0.25) is 10.0 Å². The number of hydrogen-bond donors (Lipinski definition) is 2. The molecule has 0 spiro atoms.